The Morgan fingerprint density at radius 2 is 0.415 bits per heavy atom. The van der Waals surface area contributed by atoms with E-state index in [2.05, 4.69) is 48.5 Å². The summed E-state index contributed by atoms with van der Waals surface area (Å²) in [6, 6.07) is 56.8. The number of halogens is 6. The van der Waals surface area contributed by atoms with Crippen molar-refractivity contribution in [3.63, 3.8) is 0 Å². The average Bonchev–Trinajstić information content (AvgIpc) is 0.825. The van der Waals surface area contributed by atoms with Gasteiger partial charge in [-0.3, -0.25) is 0 Å². The minimum Gasteiger partial charge on any atom is -0.491 e. The summed E-state index contributed by atoms with van der Waals surface area (Å²) in [6.07, 6.45) is 3.88. The maximum absolute atomic E-state index is 10.7. The Labute approximate surface area is 550 Å². The topological polar surface area (TPSA) is 162 Å². The monoisotopic (exact) mass is 1370 g/mol. The van der Waals surface area contributed by atoms with Crippen LogP contribution >= 0.6 is 7.81 Å². The summed E-state index contributed by atoms with van der Waals surface area (Å²) in [5.74, 6) is 3.14. The maximum Gasteiger partial charge on any atom is 1.00 e. The van der Waals surface area contributed by atoms with Gasteiger partial charge in [-0.15, -0.1) is 0 Å². The molecule has 0 spiro atoms. The molecule has 0 fully saturated rings. The Balaban J connectivity index is 0.000000199. The number of fused-ring (bicyclic) bond motifs is 4. The van der Waals surface area contributed by atoms with Crippen molar-refractivity contribution in [3.8, 4) is 68.0 Å². The van der Waals surface area contributed by atoms with Crippen molar-refractivity contribution < 1.29 is 99.1 Å². The smallest absolute Gasteiger partial charge is 0.491 e. The summed E-state index contributed by atoms with van der Waals surface area (Å²) in [7, 11) is -10.7. The number of ether oxygens (including phenoxy) is 12. The van der Waals surface area contributed by atoms with Crippen LogP contribution in [0.3, 0.4) is 0 Å². The molecule has 6 aliphatic heterocycles. The SMILES string of the molecule is C1=C/COCCOCCOc2ccc(cc2)-c2ccc3ccc4ccc(nc4c3n2)-c2ccc(cc2)OCCOCCOC/1.F[P-](F)(F)(F)(F)F.[Cu+].c1cc2ccc1OCCOCCOCCOCCOCCOc1ccc(cc1)-c1ccc3ccc4ccc-2nc4c3n1. The predicted molar refractivity (Wildman–Crippen MR) is 347 cm³/mol. The van der Waals surface area contributed by atoms with Gasteiger partial charge in [0.15, 0.2) is 0 Å². The molecule has 94 heavy (non-hydrogen) atoms. The molecule has 0 radical (unpaired) electrons. The van der Waals surface area contributed by atoms with Crippen LogP contribution < -0.4 is 18.9 Å². The van der Waals surface area contributed by atoms with Crippen LogP contribution in [0.2, 0.25) is 0 Å². The summed E-state index contributed by atoms with van der Waals surface area (Å²) < 4.78 is 127. The van der Waals surface area contributed by atoms with Crippen molar-refractivity contribution in [3.05, 3.63) is 182 Å². The minimum absolute atomic E-state index is 0. The number of benzene rings is 6. The fraction of sp³-hybridized carbons (Fsp3) is 0.286. The normalized spacial score (nSPS) is 16.8. The van der Waals surface area contributed by atoms with Crippen LogP contribution in [0, 0.1) is 0 Å². The first-order valence-electron chi connectivity index (χ1n) is 30.3. The third-order valence-corrected chi connectivity index (χ3v) is 14.1. The molecule has 4 aromatic heterocycles. The van der Waals surface area contributed by atoms with E-state index in [0.717, 1.165) is 112 Å². The van der Waals surface area contributed by atoms with E-state index in [9.17, 15) is 25.2 Å². The predicted octanol–water partition coefficient (Wildman–Crippen LogP) is 15.8. The van der Waals surface area contributed by atoms with E-state index < -0.39 is 7.81 Å². The van der Waals surface area contributed by atoms with Gasteiger partial charge < -0.3 is 56.8 Å². The van der Waals surface area contributed by atoms with Gasteiger partial charge >= 0.3 is 50.1 Å². The Hall–Kier alpha value is -7.89. The zero-order valence-corrected chi connectivity index (χ0v) is 53.0. The summed E-state index contributed by atoms with van der Waals surface area (Å²) in [5.41, 5.74) is 11.0. The van der Waals surface area contributed by atoms with E-state index in [1.165, 1.54) is 0 Å². The van der Waals surface area contributed by atoms with Crippen LogP contribution in [0.5, 0.6) is 23.0 Å². The van der Waals surface area contributed by atoms with Gasteiger partial charge in [-0.2, -0.15) is 0 Å². The van der Waals surface area contributed by atoms with E-state index in [0.29, 0.717) is 132 Å². The van der Waals surface area contributed by atoms with Crippen LogP contribution in [0.25, 0.3) is 88.6 Å². The number of rotatable bonds is 0. The average molecular weight is 1370 g/mol. The molecule has 10 aromatic rings. The molecule has 0 unspecified atom stereocenters. The first-order valence-corrected chi connectivity index (χ1v) is 32.3. The Morgan fingerprint density at radius 1 is 0.234 bits per heavy atom. The third kappa shape index (κ3) is 23.2. The fourth-order valence-corrected chi connectivity index (χ4v) is 9.58. The molecule has 6 aliphatic rings. The van der Waals surface area contributed by atoms with Gasteiger partial charge in [-0.05, 0) is 121 Å². The first kappa shape index (κ1) is 70.4. The van der Waals surface area contributed by atoms with Gasteiger partial charge in [-0.25, -0.2) is 19.9 Å². The van der Waals surface area contributed by atoms with Gasteiger partial charge in [0.2, 0.25) is 0 Å². The molecule has 500 valence electrons. The van der Waals surface area contributed by atoms with Crippen molar-refractivity contribution in [2.24, 2.45) is 0 Å². The van der Waals surface area contributed by atoms with E-state index in [4.69, 9.17) is 76.8 Å². The zero-order chi connectivity index (χ0) is 64.6. The molecule has 0 saturated carbocycles. The Kier molecular flexibility index (Phi) is 25.5. The zero-order valence-electron chi connectivity index (χ0n) is 51.2. The van der Waals surface area contributed by atoms with Crippen LogP contribution in [-0.4, -0.2) is 152 Å². The summed E-state index contributed by atoms with van der Waals surface area (Å²) in [6.45, 7) is 9.96. The van der Waals surface area contributed by atoms with E-state index in [1.54, 1.807) is 0 Å². The van der Waals surface area contributed by atoms with Gasteiger partial charge in [0.25, 0.3) is 0 Å². The number of nitrogens with zero attached hydrogens (tertiary/aromatic N) is 4. The molecule has 0 saturated heterocycles. The van der Waals surface area contributed by atoms with Crippen molar-refractivity contribution in [1.29, 1.82) is 0 Å². The van der Waals surface area contributed by atoms with E-state index in [1.807, 2.05) is 133 Å². The second kappa shape index (κ2) is 34.0. The van der Waals surface area contributed by atoms with Crippen LogP contribution in [0.1, 0.15) is 0 Å². The van der Waals surface area contributed by atoms with Crippen molar-refractivity contribution in [2.75, 3.05) is 132 Å². The molecule has 10 heterocycles. The van der Waals surface area contributed by atoms with Crippen molar-refractivity contribution >= 4 is 51.4 Å². The number of hydrogen-bond acceptors (Lipinski definition) is 16. The molecule has 0 aliphatic carbocycles. The molecular weight excluding hydrogens is 1300 g/mol. The van der Waals surface area contributed by atoms with E-state index >= 15 is 0 Å². The fourth-order valence-electron chi connectivity index (χ4n) is 9.58. The number of pyridine rings is 4. The molecule has 16 nitrogen and oxygen atoms in total. The second-order valence-electron chi connectivity index (χ2n) is 20.9. The van der Waals surface area contributed by atoms with Crippen molar-refractivity contribution in [1.82, 2.24) is 19.9 Å². The van der Waals surface area contributed by atoms with Crippen molar-refractivity contribution in [2.45, 2.75) is 0 Å². The molecule has 24 heteroatoms. The Morgan fingerprint density at radius 3 is 0.628 bits per heavy atom. The summed E-state index contributed by atoms with van der Waals surface area (Å²) in [4.78, 5) is 20.2. The summed E-state index contributed by atoms with van der Waals surface area (Å²) in [5, 5.41) is 4.18. The molecule has 16 bridgehead atoms. The molecule has 6 aromatic carbocycles. The van der Waals surface area contributed by atoms with Gasteiger partial charge in [0.1, 0.15) is 49.4 Å². The molecule has 0 atom stereocenters. The van der Waals surface area contributed by atoms with Gasteiger partial charge in [0, 0.05) is 43.8 Å². The van der Waals surface area contributed by atoms with Crippen LogP contribution in [0.4, 0.5) is 25.2 Å². The van der Waals surface area contributed by atoms with Gasteiger partial charge in [0.05, 0.1) is 151 Å². The standard InChI is InChI=1S/C36H36N2O6.C34H34N2O6.Cu.F6P/c1-2-18-40-20-22-42-24-26-44-32-13-7-28(8-14-32)34-16-10-30-4-3-29-9-15-33(37-35(29)36(30)38-34)27-5-11-31(12-6-27)43-25-23-41-21-19-39-17-1;1-2-28-8-14-32-26-5-11-30(12-6-26)42-24-22-40-20-18-38-16-15-37-17-19-39-21-23-41-29-9-3-25(4-10-29)31-13-7-27(1)33(35-31)34(28)36-32;;1-7(2,3,4,5)6/h1-16H,17-26H2;1-14H,15-24H2;;/q;;+1;-1/b2-1+;;;. The van der Waals surface area contributed by atoms with Crippen LogP contribution in [-0.2, 0) is 55.0 Å². The maximum atomic E-state index is 9.87. The van der Waals surface area contributed by atoms with Crippen LogP contribution in [0.15, 0.2) is 182 Å². The van der Waals surface area contributed by atoms with E-state index in [-0.39, 0.29) is 17.1 Å². The number of aromatic nitrogens is 4. The molecular formula is C70H70CuF6N4O12P. The number of hydrogen-bond donors (Lipinski definition) is 0. The minimum atomic E-state index is -10.7. The second-order valence-corrected chi connectivity index (χ2v) is 22.9. The molecule has 0 amide bonds. The third-order valence-electron chi connectivity index (χ3n) is 14.1. The molecule has 0 N–H and O–H groups in total. The quantitative estimate of drug-likeness (QED) is 0.0463. The van der Waals surface area contributed by atoms with Gasteiger partial charge in [-0.1, -0.05) is 60.7 Å². The first-order chi connectivity index (χ1) is 45.1. The largest absolute Gasteiger partial charge is 1.00 e. The summed E-state index contributed by atoms with van der Waals surface area (Å²) >= 11 is 0. The molecule has 16 rings (SSSR count). The Bertz CT molecular complexity index is 3780.